The van der Waals surface area contributed by atoms with E-state index in [-0.39, 0.29) is 23.3 Å². The zero-order valence-electron chi connectivity index (χ0n) is 17.9. The Morgan fingerprint density at radius 3 is 2.30 bits per heavy atom. The van der Waals surface area contributed by atoms with Gasteiger partial charge in [0.15, 0.2) is 6.61 Å². The predicted octanol–water partition coefficient (Wildman–Crippen LogP) is 4.59. The van der Waals surface area contributed by atoms with Gasteiger partial charge in [-0.15, -0.1) is 11.8 Å². The third kappa shape index (κ3) is 7.47. The van der Waals surface area contributed by atoms with E-state index in [1.165, 1.54) is 24.3 Å². The third-order valence-electron chi connectivity index (χ3n) is 4.61. The van der Waals surface area contributed by atoms with Crippen LogP contribution in [0.5, 0.6) is 0 Å². The first-order chi connectivity index (χ1) is 15.9. The average molecular weight is 467 g/mol. The van der Waals surface area contributed by atoms with Crippen molar-refractivity contribution in [2.45, 2.75) is 17.9 Å². The summed E-state index contributed by atoms with van der Waals surface area (Å²) in [5.74, 6) is -1.72. The number of anilines is 1. The first-order valence-corrected chi connectivity index (χ1v) is 11.2. The Morgan fingerprint density at radius 2 is 1.58 bits per heavy atom. The molecule has 0 radical (unpaired) electrons. The molecule has 0 spiro atoms. The molecule has 0 fully saturated rings. The van der Waals surface area contributed by atoms with Crippen molar-refractivity contribution in [1.82, 2.24) is 5.32 Å². The molecule has 0 aromatic heterocycles. The van der Waals surface area contributed by atoms with E-state index in [4.69, 9.17) is 4.74 Å². The molecule has 0 aliphatic heterocycles. The summed E-state index contributed by atoms with van der Waals surface area (Å²) in [6, 6.07) is 21.4. The van der Waals surface area contributed by atoms with E-state index in [2.05, 4.69) is 10.6 Å². The normalized spacial score (nSPS) is 11.3. The van der Waals surface area contributed by atoms with Crippen LogP contribution in [0.3, 0.4) is 0 Å². The van der Waals surface area contributed by atoms with Gasteiger partial charge in [0, 0.05) is 10.6 Å². The van der Waals surface area contributed by atoms with Crippen LogP contribution in [0, 0.1) is 5.82 Å². The van der Waals surface area contributed by atoms with Gasteiger partial charge in [0.05, 0.1) is 17.4 Å². The molecule has 3 aromatic rings. The zero-order valence-corrected chi connectivity index (χ0v) is 18.7. The van der Waals surface area contributed by atoms with Gasteiger partial charge in [-0.1, -0.05) is 42.5 Å². The predicted molar refractivity (Wildman–Crippen MR) is 125 cm³/mol. The second-order valence-electron chi connectivity index (χ2n) is 7.12. The molecule has 0 heterocycles. The first kappa shape index (κ1) is 24.0. The summed E-state index contributed by atoms with van der Waals surface area (Å²) in [5, 5.41) is 5.45. The lowest BCUT2D eigenvalue weighted by Crippen LogP contribution is -2.31. The number of thioether (sulfide) groups is 1. The minimum Gasteiger partial charge on any atom is -0.452 e. The van der Waals surface area contributed by atoms with Crippen LogP contribution in [-0.4, -0.2) is 30.1 Å². The standard InChI is InChI=1S/C25H23FN2O4S/c1-17(18-7-3-2-4-8-18)27-23(29)15-32-25(31)21-9-5-6-10-22(21)33-16-24(30)28-20-13-11-19(26)12-14-20/h2-14,17H,15-16H2,1H3,(H,27,29)(H,28,30). The molecule has 2 amide bonds. The molecular weight excluding hydrogens is 443 g/mol. The van der Waals surface area contributed by atoms with Crippen LogP contribution in [0.15, 0.2) is 83.8 Å². The van der Waals surface area contributed by atoms with Crippen LogP contribution in [-0.2, 0) is 14.3 Å². The monoisotopic (exact) mass is 466 g/mol. The molecule has 2 N–H and O–H groups in total. The molecule has 3 rings (SSSR count). The number of ether oxygens (including phenoxy) is 1. The summed E-state index contributed by atoms with van der Waals surface area (Å²) >= 11 is 1.16. The highest BCUT2D eigenvalue weighted by molar-refractivity contribution is 8.00. The van der Waals surface area contributed by atoms with Crippen molar-refractivity contribution >= 4 is 35.2 Å². The van der Waals surface area contributed by atoms with Gasteiger partial charge >= 0.3 is 5.97 Å². The second kappa shape index (κ2) is 11.8. The Bertz CT molecular complexity index is 1110. The van der Waals surface area contributed by atoms with Crippen molar-refractivity contribution in [2.75, 3.05) is 17.7 Å². The number of halogens is 1. The number of benzene rings is 3. The van der Waals surface area contributed by atoms with Crippen LogP contribution in [0.25, 0.3) is 0 Å². The molecule has 33 heavy (non-hydrogen) atoms. The van der Waals surface area contributed by atoms with E-state index in [0.29, 0.717) is 10.6 Å². The van der Waals surface area contributed by atoms with E-state index in [9.17, 15) is 18.8 Å². The largest absolute Gasteiger partial charge is 0.452 e. The first-order valence-electron chi connectivity index (χ1n) is 10.2. The molecule has 1 atom stereocenters. The Labute approximate surface area is 195 Å². The molecular formula is C25H23FN2O4S. The summed E-state index contributed by atoms with van der Waals surface area (Å²) in [6.45, 7) is 1.43. The van der Waals surface area contributed by atoms with Crippen molar-refractivity contribution in [3.63, 3.8) is 0 Å². The molecule has 0 aliphatic carbocycles. The topological polar surface area (TPSA) is 84.5 Å². The number of rotatable bonds is 9. The number of amides is 2. The minimum absolute atomic E-state index is 0.0384. The molecule has 6 nitrogen and oxygen atoms in total. The number of carbonyl (C=O) groups excluding carboxylic acids is 3. The average Bonchev–Trinajstić information content (AvgIpc) is 2.83. The maximum atomic E-state index is 13.0. The lowest BCUT2D eigenvalue weighted by Gasteiger charge is -2.14. The zero-order chi connectivity index (χ0) is 23.6. The molecule has 3 aromatic carbocycles. The van der Waals surface area contributed by atoms with Gasteiger partial charge in [0.25, 0.3) is 5.91 Å². The third-order valence-corrected chi connectivity index (χ3v) is 5.68. The van der Waals surface area contributed by atoms with E-state index >= 15 is 0 Å². The van der Waals surface area contributed by atoms with Gasteiger partial charge in [-0.3, -0.25) is 9.59 Å². The number of esters is 1. The van der Waals surface area contributed by atoms with E-state index in [1.807, 2.05) is 37.3 Å². The van der Waals surface area contributed by atoms with Gasteiger partial charge in [0.1, 0.15) is 5.82 Å². The maximum Gasteiger partial charge on any atom is 0.339 e. The van der Waals surface area contributed by atoms with Crippen LogP contribution >= 0.6 is 11.8 Å². The van der Waals surface area contributed by atoms with Gasteiger partial charge in [-0.2, -0.15) is 0 Å². The lowest BCUT2D eigenvalue weighted by molar-refractivity contribution is -0.124. The summed E-state index contributed by atoms with van der Waals surface area (Å²) in [6.07, 6.45) is 0. The fraction of sp³-hybridized carbons (Fsp3) is 0.160. The Kier molecular flexibility index (Phi) is 8.60. The summed E-state index contributed by atoms with van der Waals surface area (Å²) < 4.78 is 18.2. The smallest absolute Gasteiger partial charge is 0.339 e. The highest BCUT2D eigenvalue weighted by Gasteiger charge is 2.17. The second-order valence-corrected chi connectivity index (χ2v) is 8.13. The van der Waals surface area contributed by atoms with Crippen molar-refractivity contribution in [3.05, 3.63) is 95.8 Å². The van der Waals surface area contributed by atoms with Crippen LogP contribution in [0.4, 0.5) is 10.1 Å². The quantitative estimate of drug-likeness (QED) is 0.356. The van der Waals surface area contributed by atoms with Crippen molar-refractivity contribution in [1.29, 1.82) is 0 Å². The molecule has 1 unspecified atom stereocenters. The number of carbonyl (C=O) groups is 3. The minimum atomic E-state index is -0.653. The van der Waals surface area contributed by atoms with E-state index < -0.39 is 24.3 Å². The SMILES string of the molecule is CC(NC(=O)COC(=O)c1ccccc1SCC(=O)Nc1ccc(F)cc1)c1ccccc1. The maximum absolute atomic E-state index is 13.0. The van der Waals surface area contributed by atoms with Gasteiger partial charge < -0.3 is 15.4 Å². The molecule has 8 heteroatoms. The Hall–Kier alpha value is -3.65. The van der Waals surface area contributed by atoms with Gasteiger partial charge in [-0.05, 0) is 48.9 Å². The van der Waals surface area contributed by atoms with Crippen molar-refractivity contribution in [2.24, 2.45) is 0 Å². The molecule has 0 aliphatic rings. The molecule has 170 valence electrons. The van der Waals surface area contributed by atoms with Crippen LogP contribution < -0.4 is 10.6 Å². The van der Waals surface area contributed by atoms with Crippen molar-refractivity contribution < 1.29 is 23.5 Å². The molecule has 0 saturated heterocycles. The van der Waals surface area contributed by atoms with Crippen molar-refractivity contribution in [3.8, 4) is 0 Å². The lowest BCUT2D eigenvalue weighted by atomic mass is 10.1. The Balaban J connectivity index is 1.51. The fourth-order valence-corrected chi connectivity index (χ4v) is 3.79. The summed E-state index contributed by atoms with van der Waals surface area (Å²) in [5.41, 5.74) is 1.68. The van der Waals surface area contributed by atoms with E-state index in [1.54, 1.807) is 24.3 Å². The van der Waals surface area contributed by atoms with Gasteiger partial charge in [0.2, 0.25) is 5.91 Å². The number of hydrogen-bond donors (Lipinski definition) is 2. The molecule has 0 saturated carbocycles. The van der Waals surface area contributed by atoms with Crippen LogP contribution in [0.1, 0.15) is 28.9 Å². The van der Waals surface area contributed by atoms with E-state index in [0.717, 1.165) is 17.3 Å². The fourth-order valence-electron chi connectivity index (χ4n) is 2.95. The highest BCUT2D eigenvalue weighted by atomic mass is 32.2. The van der Waals surface area contributed by atoms with Crippen LogP contribution in [0.2, 0.25) is 0 Å². The Morgan fingerprint density at radius 1 is 0.909 bits per heavy atom. The number of hydrogen-bond acceptors (Lipinski definition) is 5. The summed E-state index contributed by atoms with van der Waals surface area (Å²) in [7, 11) is 0. The number of nitrogens with one attached hydrogen (secondary N) is 2. The summed E-state index contributed by atoms with van der Waals surface area (Å²) in [4.78, 5) is 37.5. The van der Waals surface area contributed by atoms with Gasteiger partial charge in [-0.25, -0.2) is 9.18 Å². The molecule has 0 bridgehead atoms. The highest BCUT2D eigenvalue weighted by Crippen LogP contribution is 2.24.